The summed E-state index contributed by atoms with van der Waals surface area (Å²) in [6.45, 7) is 0. The molecule has 1 aromatic carbocycles. The van der Waals surface area contributed by atoms with Gasteiger partial charge in [0.1, 0.15) is 11.5 Å². The van der Waals surface area contributed by atoms with Gasteiger partial charge < -0.3 is 11.1 Å². The van der Waals surface area contributed by atoms with Gasteiger partial charge in [-0.2, -0.15) is 0 Å². The molecular weight excluding hydrogens is 292 g/mol. The number of anilines is 3. The Morgan fingerprint density at radius 2 is 1.82 bits per heavy atom. The van der Waals surface area contributed by atoms with E-state index in [1.807, 2.05) is 0 Å². The highest BCUT2D eigenvalue weighted by Gasteiger charge is 2.10. The van der Waals surface area contributed by atoms with Crippen LogP contribution >= 0.6 is 15.9 Å². The molecule has 0 amide bonds. The Morgan fingerprint density at radius 3 is 2.41 bits per heavy atom. The monoisotopic (exact) mass is 299 g/mol. The van der Waals surface area contributed by atoms with Gasteiger partial charge in [-0.05, 0) is 18.2 Å². The van der Waals surface area contributed by atoms with Gasteiger partial charge in [0.05, 0.1) is 0 Å². The van der Waals surface area contributed by atoms with Crippen molar-refractivity contribution in [3.63, 3.8) is 0 Å². The minimum Gasteiger partial charge on any atom is -0.384 e. The highest BCUT2D eigenvalue weighted by Crippen LogP contribution is 2.27. The van der Waals surface area contributed by atoms with E-state index in [-0.39, 0.29) is 11.5 Å². The predicted molar refractivity (Wildman–Crippen MR) is 66.0 cm³/mol. The quantitative estimate of drug-likeness (QED) is 0.893. The molecule has 1 heterocycles. The number of aromatic nitrogens is 1. The van der Waals surface area contributed by atoms with Crippen molar-refractivity contribution in [2.45, 2.75) is 0 Å². The molecule has 0 bridgehead atoms. The number of nitrogens with two attached hydrogens (primary N) is 1. The van der Waals surface area contributed by atoms with Crippen LogP contribution in [0.3, 0.4) is 0 Å². The standard InChI is InChI=1S/C11H8BrF2N3/c12-6-3-8(13)11(9(14)4-6)17-7-1-2-16-10(15)5-7/h1-5H,(H3,15,16,17). The van der Waals surface area contributed by atoms with Crippen molar-refractivity contribution in [3.05, 3.63) is 46.6 Å². The maximum Gasteiger partial charge on any atom is 0.150 e. The van der Waals surface area contributed by atoms with E-state index in [1.54, 1.807) is 6.07 Å². The smallest absolute Gasteiger partial charge is 0.150 e. The first kappa shape index (κ1) is 11.8. The highest BCUT2D eigenvalue weighted by atomic mass is 79.9. The number of nitrogen functional groups attached to an aromatic ring is 1. The van der Waals surface area contributed by atoms with Gasteiger partial charge in [-0.1, -0.05) is 15.9 Å². The number of hydrogen-bond donors (Lipinski definition) is 2. The zero-order valence-electron chi connectivity index (χ0n) is 8.55. The first-order valence-electron chi connectivity index (χ1n) is 4.69. The Bertz CT molecular complexity index is 537. The number of benzene rings is 1. The molecular formula is C11H8BrF2N3. The second-order valence-corrected chi connectivity index (χ2v) is 4.25. The van der Waals surface area contributed by atoms with E-state index >= 15 is 0 Å². The molecule has 0 aliphatic carbocycles. The van der Waals surface area contributed by atoms with Gasteiger partial charge in [-0.25, -0.2) is 13.8 Å². The summed E-state index contributed by atoms with van der Waals surface area (Å²) >= 11 is 3.01. The lowest BCUT2D eigenvalue weighted by molar-refractivity contribution is 0.589. The molecule has 2 rings (SSSR count). The lowest BCUT2D eigenvalue weighted by Crippen LogP contribution is -1.99. The number of nitrogens with one attached hydrogen (secondary N) is 1. The SMILES string of the molecule is Nc1cc(Nc2c(F)cc(Br)cc2F)ccn1. The van der Waals surface area contributed by atoms with E-state index in [4.69, 9.17) is 5.73 Å². The Labute approximate surface area is 105 Å². The van der Waals surface area contributed by atoms with Crippen molar-refractivity contribution >= 4 is 33.1 Å². The number of nitrogens with zero attached hydrogens (tertiary/aromatic N) is 1. The minimum absolute atomic E-state index is 0.223. The van der Waals surface area contributed by atoms with Crippen LogP contribution < -0.4 is 11.1 Å². The fourth-order valence-electron chi connectivity index (χ4n) is 1.33. The summed E-state index contributed by atoms with van der Waals surface area (Å²) in [4.78, 5) is 3.78. The third-order valence-corrected chi connectivity index (χ3v) is 2.52. The number of hydrogen-bond acceptors (Lipinski definition) is 3. The Hall–Kier alpha value is -1.69. The van der Waals surface area contributed by atoms with Gasteiger partial charge in [0.15, 0.2) is 11.6 Å². The second-order valence-electron chi connectivity index (χ2n) is 3.34. The van der Waals surface area contributed by atoms with Gasteiger partial charge in [0.2, 0.25) is 0 Å². The molecule has 0 radical (unpaired) electrons. The third kappa shape index (κ3) is 2.71. The van der Waals surface area contributed by atoms with Crippen LogP contribution in [-0.4, -0.2) is 4.98 Å². The first-order valence-corrected chi connectivity index (χ1v) is 5.48. The summed E-state index contributed by atoms with van der Waals surface area (Å²) in [5.41, 5.74) is 5.71. The second kappa shape index (κ2) is 4.67. The Morgan fingerprint density at radius 1 is 1.18 bits per heavy atom. The molecule has 0 fully saturated rings. The van der Waals surface area contributed by atoms with Crippen LogP contribution in [0.1, 0.15) is 0 Å². The van der Waals surface area contributed by atoms with E-state index < -0.39 is 11.6 Å². The summed E-state index contributed by atoms with van der Waals surface area (Å²) in [5, 5.41) is 2.62. The van der Waals surface area contributed by atoms with Crippen molar-refractivity contribution in [2.24, 2.45) is 0 Å². The normalized spacial score (nSPS) is 10.3. The van der Waals surface area contributed by atoms with Gasteiger partial charge in [-0.15, -0.1) is 0 Å². The number of rotatable bonds is 2. The molecule has 0 spiro atoms. The summed E-state index contributed by atoms with van der Waals surface area (Å²) in [6, 6.07) is 5.41. The van der Waals surface area contributed by atoms with Crippen LogP contribution in [0.4, 0.5) is 26.0 Å². The van der Waals surface area contributed by atoms with E-state index in [0.717, 1.165) is 0 Å². The van der Waals surface area contributed by atoms with Gasteiger partial charge in [-0.3, -0.25) is 0 Å². The largest absolute Gasteiger partial charge is 0.384 e. The summed E-state index contributed by atoms with van der Waals surface area (Å²) in [7, 11) is 0. The van der Waals surface area contributed by atoms with E-state index in [2.05, 4.69) is 26.2 Å². The molecule has 3 nitrogen and oxygen atoms in total. The molecule has 0 unspecified atom stereocenters. The Balaban J connectivity index is 2.36. The first-order chi connectivity index (χ1) is 8.06. The topological polar surface area (TPSA) is 50.9 Å². The van der Waals surface area contributed by atoms with Crippen LogP contribution in [0.5, 0.6) is 0 Å². The molecule has 0 saturated heterocycles. The average molecular weight is 300 g/mol. The maximum absolute atomic E-state index is 13.5. The molecule has 17 heavy (non-hydrogen) atoms. The molecule has 88 valence electrons. The van der Waals surface area contributed by atoms with Gasteiger partial charge >= 0.3 is 0 Å². The third-order valence-electron chi connectivity index (χ3n) is 2.06. The van der Waals surface area contributed by atoms with Crippen LogP contribution in [-0.2, 0) is 0 Å². The van der Waals surface area contributed by atoms with Gasteiger partial charge in [0, 0.05) is 22.4 Å². The highest BCUT2D eigenvalue weighted by molar-refractivity contribution is 9.10. The molecule has 0 aliphatic heterocycles. The lowest BCUT2D eigenvalue weighted by atomic mass is 10.2. The molecule has 3 N–H and O–H groups in total. The van der Waals surface area contributed by atoms with Crippen molar-refractivity contribution in [1.29, 1.82) is 0 Å². The van der Waals surface area contributed by atoms with Crippen molar-refractivity contribution in [3.8, 4) is 0 Å². The number of pyridine rings is 1. The molecule has 0 saturated carbocycles. The maximum atomic E-state index is 13.5. The average Bonchev–Trinajstić information content (AvgIpc) is 2.23. The molecule has 0 atom stereocenters. The minimum atomic E-state index is -0.688. The van der Waals surface area contributed by atoms with Crippen LogP contribution in [0.15, 0.2) is 34.9 Å². The predicted octanol–water partition coefficient (Wildman–Crippen LogP) is 3.45. The molecule has 6 heteroatoms. The molecule has 0 aliphatic rings. The van der Waals surface area contributed by atoms with Crippen LogP contribution in [0, 0.1) is 11.6 Å². The van der Waals surface area contributed by atoms with Gasteiger partial charge in [0.25, 0.3) is 0 Å². The zero-order chi connectivity index (χ0) is 12.4. The lowest BCUT2D eigenvalue weighted by Gasteiger charge is -2.09. The summed E-state index contributed by atoms with van der Waals surface area (Å²) in [6.07, 6.45) is 1.45. The van der Waals surface area contributed by atoms with E-state index in [9.17, 15) is 8.78 Å². The van der Waals surface area contributed by atoms with Crippen LogP contribution in [0.2, 0.25) is 0 Å². The zero-order valence-corrected chi connectivity index (χ0v) is 10.1. The fraction of sp³-hybridized carbons (Fsp3) is 0. The molecule has 1 aromatic heterocycles. The number of halogens is 3. The van der Waals surface area contributed by atoms with Crippen LogP contribution in [0.25, 0.3) is 0 Å². The van der Waals surface area contributed by atoms with Crippen molar-refractivity contribution < 1.29 is 8.78 Å². The summed E-state index contributed by atoms with van der Waals surface area (Å²) < 4.78 is 27.4. The van der Waals surface area contributed by atoms with Crippen molar-refractivity contribution in [2.75, 3.05) is 11.1 Å². The van der Waals surface area contributed by atoms with E-state index in [1.165, 1.54) is 24.4 Å². The fourth-order valence-corrected chi connectivity index (χ4v) is 1.73. The van der Waals surface area contributed by atoms with E-state index in [0.29, 0.717) is 10.2 Å². The Kier molecular flexibility index (Phi) is 3.23. The van der Waals surface area contributed by atoms with Crippen molar-refractivity contribution in [1.82, 2.24) is 4.98 Å². The summed E-state index contributed by atoms with van der Waals surface area (Å²) in [5.74, 6) is -1.10. The molecule has 2 aromatic rings.